The highest BCUT2D eigenvalue weighted by Gasteiger charge is 2.28. The lowest BCUT2D eigenvalue weighted by atomic mass is 10.1. The number of nitrogens with one attached hydrogen (secondary N) is 2. The summed E-state index contributed by atoms with van der Waals surface area (Å²) in [4.78, 5) is 25.0. The summed E-state index contributed by atoms with van der Waals surface area (Å²) in [6.45, 7) is 6.70. The minimum atomic E-state index is -0.195. The van der Waals surface area contributed by atoms with E-state index in [4.69, 9.17) is 0 Å². The third kappa shape index (κ3) is 6.00. The predicted octanol–water partition coefficient (Wildman–Crippen LogP) is 0.502. The molecule has 2 amide bonds. The van der Waals surface area contributed by atoms with Gasteiger partial charge >= 0.3 is 0 Å². The van der Waals surface area contributed by atoms with Crippen LogP contribution in [0.5, 0.6) is 0 Å². The van der Waals surface area contributed by atoms with Gasteiger partial charge in [-0.15, -0.1) is 0 Å². The molecule has 1 fully saturated rings. The number of rotatable bonds is 6. The van der Waals surface area contributed by atoms with E-state index in [-0.39, 0.29) is 17.4 Å². The highest BCUT2D eigenvalue weighted by molar-refractivity contribution is 5.79. The number of nitrogens with zero attached hydrogens (tertiary/aromatic N) is 1. The van der Waals surface area contributed by atoms with Gasteiger partial charge in [-0.3, -0.25) is 9.59 Å². The van der Waals surface area contributed by atoms with E-state index in [1.807, 2.05) is 27.8 Å². The number of likely N-dealkylation sites (N-methyl/N-ethyl adjacent to an activating group) is 1. The van der Waals surface area contributed by atoms with Gasteiger partial charge in [-0.05, 0) is 33.6 Å². The molecule has 0 spiro atoms. The second kappa shape index (κ2) is 6.18. The Morgan fingerprint density at radius 2 is 1.89 bits per heavy atom. The average molecular weight is 255 g/mol. The molecule has 5 nitrogen and oxygen atoms in total. The lowest BCUT2D eigenvalue weighted by Gasteiger charge is -2.20. The first-order valence-electron chi connectivity index (χ1n) is 6.57. The molecule has 1 aliphatic carbocycles. The van der Waals surface area contributed by atoms with Crippen molar-refractivity contribution >= 4 is 11.8 Å². The molecule has 0 heterocycles. The van der Waals surface area contributed by atoms with Gasteiger partial charge in [-0.1, -0.05) is 0 Å². The van der Waals surface area contributed by atoms with Crippen LogP contribution in [0.25, 0.3) is 0 Å². The van der Waals surface area contributed by atoms with Crippen LogP contribution in [0, 0.1) is 0 Å². The van der Waals surface area contributed by atoms with Crippen molar-refractivity contribution in [2.24, 2.45) is 0 Å². The molecule has 0 unspecified atom stereocenters. The van der Waals surface area contributed by atoms with E-state index in [0.717, 1.165) is 12.8 Å². The Bertz CT molecular complexity index is 306. The summed E-state index contributed by atoms with van der Waals surface area (Å²) in [5, 5.41) is 5.90. The van der Waals surface area contributed by atoms with E-state index >= 15 is 0 Å². The predicted molar refractivity (Wildman–Crippen MR) is 71.2 cm³/mol. The molecule has 1 aliphatic rings. The van der Waals surface area contributed by atoms with Crippen molar-refractivity contribution < 1.29 is 9.59 Å². The zero-order valence-corrected chi connectivity index (χ0v) is 11.9. The van der Waals surface area contributed by atoms with Gasteiger partial charge in [0, 0.05) is 31.6 Å². The van der Waals surface area contributed by atoms with Crippen LogP contribution in [-0.2, 0) is 9.59 Å². The standard InChI is InChI=1S/C13H25N3O2/c1-13(2,3)15-11(17)7-8-14-9-12(18)16(4)10-5-6-10/h10,14H,5-9H2,1-4H3,(H,15,17). The zero-order chi connectivity index (χ0) is 13.8. The van der Waals surface area contributed by atoms with E-state index < -0.39 is 0 Å². The normalized spacial score (nSPS) is 15.3. The number of carbonyl (C=O) groups excluding carboxylic acids is 2. The lowest BCUT2D eigenvalue weighted by Crippen LogP contribution is -2.42. The SMILES string of the molecule is CN(C(=O)CNCCC(=O)NC(C)(C)C)C1CC1. The molecule has 1 rings (SSSR count). The molecule has 0 saturated heterocycles. The Labute approximate surface area is 109 Å². The molecule has 0 aromatic heterocycles. The summed E-state index contributed by atoms with van der Waals surface area (Å²) < 4.78 is 0. The molecule has 18 heavy (non-hydrogen) atoms. The molecule has 2 N–H and O–H groups in total. The van der Waals surface area contributed by atoms with E-state index in [1.54, 1.807) is 4.90 Å². The van der Waals surface area contributed by atoms with Crippen LogP contribution in [0.2, 0.25) is 0 Å². The summed E-state index contributed by atoms with van der Waals surface area (Å²) in [7, 11) is 1.84. The van der Waals surface area contributed by atoms with Crippen LogP contribution in [0.15, 0.2) is 0 Å². The second-order valence-electron chi connectivity index (χ2n) is 5.96. The fraction of sp³-hybridized carbons (Fsp3) is 0.846. The van der Waals surface area contributed by atoms with Crippen molar-refractivity contribution in [2.75, 3.05) is 20.1 Å². The maximum absolute atomic E-state index is 11.7. The quantitative estimate of drug-likeness (QED) is 0.680. The molecule has 0 atom stereocenters. The third-order valence-corrected chi connectivity index (χ3v) is 2.81. The largest absolute Gasteiger partial charge is 0.351 e. The first-order chi connectivity index (χ1) is 8.29. The number of carbonyl (C=O) groups is 2. The Morgan fingerprint density at radius 3 is 2.39 bits per heavy atom. The Hall–Kier alpha value is -1.10. The molecule has 0 bridgehead atoms. The van der Waals surface area contributed by atoms with Crippen molar-refractivity contribution in [3.63, 3.8) is 0 Å². The van der Waals surface area contributed by atoms with Crippen LogP contribution < -0.4 is 10.6 Å². The van der Waals surface area contributed by atoms with Gasteiger partial charge in [-0.25, -0.2) is 0 Å². The number of hydrogen-bond acceptors (Lipinski definition) is 3. The molecular formula is C13H25N3O2. The number of hydrogen-bond donors (Lipinski definition) is 2. The van der Waals surface area contributed by atoms with Gasteiger partial charge in [0.15, 0.2) is 0 Å². The van der Waals surface area contributed by atoms with Gasteiger partial charge in [-0.2, -0.15) is 0 Å². The first kappa shape index (κ1) is 15.0. The van der Waals surface area contributed by atoms with Crippen molar-refractivity contribution in [3.05, 3.63) is 0 Å². The maximum atomic E-state index is 11.7. The lowest BCUT2D eigenvalue weighted by molar-refractivity contribution is -0.129. The van der Waals surface area contributed by atoms with Crippen molar-refractivity contribution in [3.8, 4) is 0 Å². The van der Waals surface area contributed by atoms with Gasteiger partial charge in [0.1, 0.15) is 0 Å². The monoisotopic (exact) mass is 255 g/mol. The molecule has 1 saturated carbocycles. The smallest absolute Gasteiger partial charge is 0.236 e. The Morgan fingerprint density at radius 1 is 1.28 bits per heavy atom. The van der Waals surface area contributed by atoms with Crippen LogP contribution in [0.1, 0.15) is 40.0 Å². The fourth-order valence-electron chi connectivity index (χ4n) is 1.67. The highest BCUT2D eigenvalue weighted by atomic mass is 16.2. The first-order valence-corrected chi connectivity index (χ1v) is 6.57. The Kier molecular flexibility index (Phi) is 5.14. The van der Waals surface area contributed by atoms with Crippen molar-refractivity contribution in [1.29, 1.82) is 0 Å². The second-order valence-corrected chi connectivity index (χ2v) is 5.96. The zero-order valence-electron chi connectivity index (χ0n) is 11.9. The molecule has 0 aromatic carbocycles. The molecule has 0 radical (unpaired) electrons. The van der Waals surface area contributed by atoms with Crippen molar-refractivity contribution in [2.45, 2.75) is 51.6 Å². The summed E-state index contributed by atoms with van der Waals surface area (Å²) >= 11 is 0. The minimum absolute atomic E-state index is 0.0120. The van der Waals surface area contributed by atoms with Gasteiger partial charge < -0.3 is 15.5 Å². The van der Waals surface area contributed by atoms with E-state index in [2.05, 4.69) is 10.6 Å². The third-order valence-electron chi connectivity index (χ3n) is 2.81. The van der Waals surface area contributed by atoms with E-state index in [1.165, 1.54) is 0 Å². The highest BCUT2D eigenvalue weighted by Crippen LogP contribution is 2.24. The average Bonchev–Trinajstić information content (AvgIpc) is 3.04. The molecular weight excluding hydrogens is 230 g/mol. The van der Waals surface area contributed by atoms with E-state index in [9.17, 15) is 9.59 Å². The fourth-order valence-corrected chi connectivity index (χ4v) is 1.67. The van der Waals surface area contributed by atoms with Gasteiger partial charge in [0.2, 0.25) is 11.8 Å². The van der Waals surface area contributed by atoms with Crippen molar-refractivity contribution in [1.82, 2.24) is 15.5 Å². The van der Waals surface area contributed by atoms with Crippen LogP contribution in [0.3, 0.4) is 0 Å². The van der Waals surface area contributed by atoms with Crippen LogP contribution in [-0.4, -0.2) is 48.4 Å². The summed E-state index contributed by atoms with van der Waals surface area (Å²) in [5.74, 6) is 0.117. The van der Waals surface area contributed by atoms with E-state index in [0.29, 0.717) is 25.6 Å². The van der Waals surface area contributed by atoms with Gasteiger partial charge in [0.25, 0.3) is 0 Å². The Balaban J connectivity index is 2.07. The maximum Gasteiger partial charge on any atom is 0.236 e. The summed E-state index contributed by atoms with van der Waals surface area (Å²) in [6, 6.07) is 0.448. The molecule has 5 heteroatoms. The number of amides is 2. The molecule has 104 valence electrons. The van der Waals surface area contributed by atoms with Crippen LogP contribution in [0.4, 0.5) is 0 Å². The van der Waals surface area contributed by atoms with Crippen LogP contribution >= 0.6 is 0 Å². The summed E-state index contributed by atoms with van der Waals surface area (Å²) in [6.07, 6.45) is 2.64. The van der Waals surface area contributed by atoms with Gasteiger partial charge in [0.05, 0.1) is 6.54 Å². The summed E-state index contributed by atoms with van der Waals surface area (Å²) in [5.41, 5.74) is -0.195. The molecule has 0 aliphatic heterocycles. The topological polar surface area (TPSA) is 61.4 Å². The minimum Gasteiger partial charge on any atom is -0.351 e. The molecule has 0 aromatic rings.